The van der Waals surface area contributed by atoms with Gasteiger partial charge in [-0.1, -0.05) is 12.1 Å². The van der Waals surface area contributed by atoms with Crippen molar-refractivity contribution in [1.29, 1.82) is 0 Å². The van der Waals surface area contributed by atoms with Gasteiger partial charge >= 0.3 is 0 Å². The molecule has 2 N–H and O–H groups in total. The van der Waals surface area contributed by atoms with Crippen LogP contribution in [0.2, 0.25) is 0 Å². The van der Waals surface area contributed by atoms with Crippen LogP contribution in [0.1, 0.15) is 16.1 Å². The summed E-state index contributed by atoms with van der Waals surface area (Å²) in [6.45, 7) is 2.76. The third-order valence-corrected chi connectivity index (χ3v) is 3.47. The van der Waals surface area contributed by atoms with Crippen LogP contribution in [0.25, 0.3) is 10.9 Å². The SMILES string of the molecule is Cc1cccc(OCCNC(=O)c2cc3cc(F)ccc3[nH]2)c1. The van der Waals surface area contributed by atoms with E-state index in [1.807, 2.05) is 31.2 Å². The maximum atomic E-state index is 13.2. The number of aryl methyl sites for hydroxylation is 1. The number of aromatic amines is 1. The van der Waals surface area contributed by atoms with Crippen molar-refractivity contribution in [2.75, 3.05) is 13.2 Å². The Morgan fingerprint density at radius 3 is 2.91 bits per heavy atom. The lowest BCUT2D eigenvalue weighted by atomic mass is 10.2. The number of aromatic nitrogens is 1. The van der Waals surface area contributed by atoms with E-state index in [-0.39, 0.29) is 11.7 Å². The van der Waals surface area contributed by atoms with Gasteiger partial charge < -0.3 is 15.0 Å². The van der Waals surface area contributed by atoms with Crippen LogP contribution in [-0.2, 0) is 0 Å². The van der Waals surface area contributed by atoms with E-state index in [4.69, 9.17) is 4.74 Å². The van der Waals surface area contributed by atoms with Gasteiger partial charge in [0, 0.05) is 10.9 Å². The van der Waals surface area contributed by atoms with Crippen molar-refractivity contribution >= 4 is 16.8 Å². The van der Waals surface area contributed by atoms with Crippen LogP contribution in [0.3, 0.4) is 0 Å². The average molecular weight is 312 g/mol. The van der Waals surface area contributed by atoms with Crippen molar-refractivity contribution < 1.29 is 13.9 Å². The average Bonchev–Trinajstić information content (AvgIpc) is 2.94. The molecule has 0 aliphatic rings. The molecule has 0 spiro atoms. The van der Waals surface area contributed by atoms with E-state index in [2.05, 4.69) is 10.3 Å². The highest BCUT2D eigenvalue weighted by atomic mass is 19.1. The molecule has 2 aromatic carbocycles. The van der Waals surface area contributed by atoms with Crippen molar-refractivity contribution in [1.82, 2.24) is 10.3 Å². The molecular weight excluding hydrogens is 295 g/mol. The number of carbonyl (C=O) groups excluding carboxylic acids is 1. The first kappa shape index (κ1) is 15.1. The fourth-order valence-electron chi connectivity index (χ4n) is 2.36. The summed E-state index contributed by atoms with van der Waals surface area (Å²) < 4.78 is 18.7. The highest BCUT2D eigenvalue weighted by molar-refractivity contribution is 5.97. The maximum Gasteiger partial charge on any atom is 0.267 e. The Morgan fingerprint density at radius 1 is 1.22 bits per heavy atom. The summed E-state index contributed by atoms with van der Waals surface area (Å²) in [5, 5.41) is 3.44. The zero-order valence-electron chi connectivity index (χ0n) is 12.7. The standard InChI is InChI=1S/C18H17FN2O2/c1-12-3-2-4-15(9-12)23-8-7-20-18(22)17-11-13-10-14(19)5-6-16(13)21-17/h2-6,9-11,21H,7-8H2,1H3,(H,20,22). The monoisotopic (exact) mass is 312 g/mol. The number of carbonyl (C=O) groups is 1. The van der Waals surface area contributed by atoms with Crippen LogP contribution in [-0.4, -0.2) is 24.0 Å². The molecule has 118 valence electrons. The van der Waals surface area contributed by atoms with Crippen LogP contribution in [0, 0.1) is 12.7 Å². The Morgan fingerprint density at radius 2 is 2.09 bits per heavy atom. The van der Waals surface area contributed by atoms with Gasteiger partial charge in [-0.05, 0) is 48.9 Å². The van der Waals surface area contributed by atoms with E-state index in [1.54, 1.807) is 12.1 Å². The second kappa shape index (κ2) is 6.52. The molecule has 0 saturated heterocycles. The van der Waals surface area contributed by atoms with Gasteiger partial charge in [0.15, 0.2) is 0 Å². The second-order valence-corrected chi connectivity index (χ2v) is 5.34. The zero-order chi connectivity index (χ0) is 16.2. The molecule has 3 aromatic rings. The molecule has 0 aliphatic heterocycles. The van der Waals surface area contributed by atoms with Gasteiger partial charge in [0.1, 0.15) is 23.9 Å². The Kier molecular flexibility index (Phi) is 4.28. The van der Waals surface area contributed by atoms with Gasteiger partial charge in [0.05, 0.1) is 6.54 Å². The van der Waals surface area contributed by atoms with Crippen LogP contribution in [0.15, 0.2) is 48.5 Å². The van der Waals surface area contributed by atoms with Crippen LogP contribution in [0.5, 0.6) is 5.75 Å². The number of hydrogen-bond acceptors (Lipinski definition) is 2. The van der Waals surface area contributed by atoms with Gasteiger partial charge in [-0.25, -0.2) is 4.39 Å². The predicted octanol–water partition coefficient (Wildman–Crippen LogP) is 3.42. The molecule has 0 bridgehead atoms. The van der Waals surface area contributed by atoms with E-state index in [9.17, 15) is 9.18 Å². The highest BCUT2D eigenvalue weighted by Crippen LogP contribution is 2.16. The van der Waals surface area contributed by atoms with E-state index in [0.29, 0.717) is 24.2 Å². The number of nitrogens with one attached hydrogen (secondary N) is 2. The van der Waals surface area contributed by atoms with Gasteiger partial charge in [-0.3, -0.25) is 4.79 Å². The smallest absolute Gasteiger partial charge is 0.267 e. The van der Waals surface area contributed by atoms with Crippen LogP contribution >= 0.6 is 0 Å². The van der Waals surface area contributed by atoms with Crippen molar-refractivity contribution in [2.45, 2.75) is 6.92 Å². The summed E-state index contributed by atoms with van der Waals surface area (Å²) in [5.41, 5.74) is 2.26. The largest absolute Gasteiger partial charge is 0.492 e. The number of H-pyrrole nitrogens is 1. The fraction of sp³-hybridized carbons (Fsp3) is 0.167. The minimum Gasteiger partial charge on any atom is -0.492 e. The number of halogens is 1. The Balaban J connectivity index is 1.54. The van der Waals surface area contributed by atoms with E-state index >= 15 is 0 Å². The topological polar surface area (TPSA) is 54.1 Å². The summed E-state index contributed by atoms with van der Waals surface area (Å²) in [6, 6.07) is 13.7. The third kappa shape index (κ3) is 3.69. The number of ether oxygens (including phenoxy) is 1. The van der Waals surface area contributed by atoms with Gasteiger partial charge in [0.2, 0.25) is 0 Å². The minimum absolute atomic E-state index is 0.241. The van der Waals surface area contributed by atoms with Crippen molar-refractivity contribution in [2.24, 2.45) is 0 Å². The van der Waals surface area contributed by atoms with E-state index < -0.39 is 0 Å². The molecule has 1 amide bonds. The maximum absolute atomic E-state index is 13.2. The molecule has 0 unspecified atom stereocenters. The Hall–Kier alpha value is -2.82. The number of hydrogen-bond donors (Lipinski definition) is 2. The Bertz CT molecular complexity index is 842. The third-order valence-electron chi connectivity index (χ3n) is 3.47. The first-order chi connectivity index (χ1) is 11.1. The molecule has 3 rings (SSSR count). The van der Waals surface area contributed by atoms with E-state index in [1.165, 1.54) is 12.1 Å². The summed E-state index contributed by atoms with van der Waals surface area (Å²) >= 11 is 0. The van der Waals surface area contributed by atoms with Crippen molar-refractivity contribution in [3.8, 4) is 5.75 Å². The molecule has 0 atom stereocenters. The Labute approximate surface area is 133 Å². The lowest BCUT2D eigenvalue weighted by Gasteiger charge is -2.07. The quantitative estimate of drug-likeness (QED) is 0.709. The molecule has 4 nitrogen and oxygen atoms in total. The molecule has 0 fully saturated rings. The summed E-state index contributed by atoms with van der Waals surface area (Å²) in [5.74, 6) is 0.213. The first-order valence-electron chi connectivity index (χ1n) is 7.38. The molecule has 1 aromatic heterocycles. The van der Waals surface area contributed by atoms with Gasteiger partial charge in [0.25, 0.3) is 5.91 Å². The predicted molar refractivity (Wildman–Crippen MR) is 87.3 cm³/mol. The van der Waals surface area contributed by atoms with Crippen molar-refractivity contribution in [3.63, 3.8) is 0 Å². The minimum atomic E-state index is -0.324. The van der Waals surface area contributed by atoms with Gasteiger partial charge in [-0.2, -0.15) is 0 Å². The molecule has 1 heterocycles. The van der Waals surface area contributed by atoms with Crippen LogP contribution in [0.4, 0.5) is 4.39 Å². The molecular formula is C18H17FN2O2. The van der Waals surface area contributed by atoms with Gasteiger partial charge in [-0.15, -0.1) is 0 Å². The summed E-state index contributed by atoms with van der Waals surface area (Å²) in [7, 11) is 0. The number of benzene rings is 2. The second-order valence-electron chi connectivity index (χ2n) is 5.34. The number of rotatable bonds is 5. The highest BCUT2D eigenvalue weighted by Gasteiger charge is 2.09. The normalized spacial score (nSPS) is 10.7. The molecule has 0 saturated carbocycles. The summed E-state index contributed by atoms with van der Waals surface area (Å²) in [6.07, 6.45) is 0. The molecule has 5 heteroatoms. The molecule has 0 radical (unpaired) electrons. The zero-order valence-corrected chi connectivity index (χ0v) is 12.7. The lowest BCUT2D eigenvalue weighted by Crippen LogP contribution is -2.28. The van der Waals surface area contributed by atoms with Crippen LogP contribution < -0.4 is 10.1 Å². The fourth-order valence-corrected chi connectivity index (χ4v) is 2.36. The number of amides is 1. The summed E-state index contributed by atoms with van der Waals surface area (Å²) in [4.78, 5) is 15.0. The number of fused-ring (bicyclic) bond motifs is 1. The lowest BCUT2D eigenvalue weighted by molar-refractivity contribution is 0.0943. The van der Waals surface area contributed by atoms with E-state index in [0.717, 1.165) is 16.8 Å². The van der Waals surface area contributed by atoms with Crippen molar-refractivity contribution in [3.05, 3.63) is 65.6 Å². The first-order valence-corrected chi connectivity index (χ1v) is 7.38. The molecule has 0 aliphatic carbocycles. The molecule has 23 heavy (non-hydrogen) atoms.